The number of hydrogen-bond acceptors (Lipinski definition) is 3. The van der Waals surface area contributed by atoms with E-state index in [1.165, 1.54) is 10.9 Å². The number of para-hydroxylation sites is 1. The molecular formula is C19H27NO2S. The van der Waals surface area contributed by atoms with Gasteiger partial charge in [-0.15, -0.1) is 0 Å². The maximum atomic E-state index is 11.7. The SMILES string of the molecule is CC(C)S(=O)(=O)CCCCCCCc1cnc2ccccc2c1. The summed E-state index contributed by atoms with van der Waals surface area (Å²) in [6.07, 6.45) is 8.19. The second-order valence-corrected chi connectivity index (χ2v) is 9.15. The van der Waals surface area contributed by atoms with Gasteiger partial charge in [-0.05, 0) is 50.8 Å². The number of sulfone groups is 1. The van der Waals surface area contributed by atoms with Crippen molar-refractivity contribution in [2.45, 2.75) is 57.6 Å². The van der Waals surface area contributed by atoms with Crippen molar-refractivity contribution >= 4 is 20.7 Å². The molecular weight excluding hydrogens is 306 g/mol. The zero-order chi connectivity index (χ0) is 16.7. The summed E-state index contributed by atoms with van der Waals surface area (Å²) >= 11 is 0. The van der Waals surface area contributed by atoms with E-state index in [1.807, 2.05) is 24.4 Å². The van der Waals surface area contributed by atoms with Crippen LogP contribution in [0.15, 0.2) is 36.5 Å². The van der Waals surface area contributed by atoms with Crippen molar-refractivity contribution < 1.29 is 8.42 Å². The molecule has 0 radical (unpaired) electrons. The van der Waals surface area contributed by atoms with E-state index < -0.39 is 9.84 Å². The molecule has 1 aromatic heterocycles. The number of benzene rings is 1. The lowest BCUT2D eigenvalue weighted by Gasteiger charge is -2.07. The lowest BCUT2D eigenvalue weighted by Crippen LogP contribution is -2.17. The highest BCUT2D eigenvalue weighted by Crippen LogP contribution is 2.15. The minimum atomic E-state index is -2.86. The molecule has 0 bridgehead atoms. The van der Waals surface area contributed by atoms with Gasteiger partial charge in [-0.25, -0.2) is 8.42 Å². The number of rotatable bonds is 9. The molecule has 0 unspecified atom stereocenters. The highest BCUT2D eigenvalue weighted by atomic mass is 32.2. The molecule has 126 valence electrons. The van der Waals surface area contributed by atoms with Crippen molar-refractivity contribution in [2.24, 2.45) is 0 Å². The van der Waals surface area contributed by atoms with E-state index in [-0.39, 0.29) is 5.25 Å². The molecule has 0 aliphatic heterocycles. The van der Waals surface area contributed by atoms with E-state index in [1.54, 1.807) is 13.8 Å². The average molecular weight is 333 g/mol. The molecule has 0 aliphatic rings. The minimum Gasteiger partial charge on any atom is -0.256 e. The van der Waals surface area contributed by atoms with Crippen molar-refractivity contribution in [1.82, 2.24) is 4.98 Å². The molecule has 23 heavy (non-hydrogen) atoms. The molecule has 0 N–H and O–H groups in total. The van der Waals surface area contributed by atoms with Gasteiger partial charge in [-0.2, -0.15) is 0 Å². The van der Waals surface area contributed by atoms with Crippen LogP contribution < -0.4 is 0 Å². The van der Waals surface area contributed by atoms with Gasteiger partial charge >= 0.3 is 0 Å². The molecule has 0 aliphatic carbocycles. The first-order valence-electron chi connectivity index (χ1n) is 8.54. The van der Waals surface area contributed by atoms with E-state index in [9.17, 15) is 8.42 Å². The summed E-state index contributed by atoms with van der Waals surface area (Å²) in [5, 5.41) is 0.951. The predicted molar refractivity (Wildman–Crippen MR) is 97.5 cm³/mol. The van der Waals surface area contributed by atoms with Crippen LogP contribution in [-0.2, 0) is 16.3 Å². The van der Waals surface area contributed by atoms with Crippen LogP contribution in [0.4, 0.5) is 0 Å². The summed E-state index contributed by atoms with van der Waals surface area (Å²) in [4.78, 5) is 4.49. The molecule has 0 spiro atoms. The largest absolute Gasteiger partial charge is 0.256 e. The average Bonchev–Trinajstić information content (AvgIpc) is 2.53. The third-order valence-corrected chi connectivity index (χ3v) is 6.55. The Hall–Kier alpha value is -1.42. The fourth-order valence-corrected chi connectivity index (χ4v) is 3.73. The lowest BCUT2D eigenvalue weighted by atomic mass is 10.1. The molecule has 4 heteroatoms. The van der Waals surface area contributed by atoms with Crippen molar-refractivity contribution in [1.29, 1.82) is 0 Å². The summed E-state index contributed by atoms with van der Waals surface area (Å²) < 4.78 is 23.4. The second kappa shape index (κ2) is 8.44. The smallest absolute Gasteiger partial charge is 0.152 e. The summed E-state index contributed by atoms with van der Waals surface area (Å²) in [6, 6.07) is 10.4. The number of hydrogen-bond donors (Lipinski definition) is 0. The van der Waals surface area contributed by atoms with E-state index in [4.69, 9.17) is 0 Å². The molecule has 0 saturated heterocycles. The van der Waals surface area contributed by atoms with Gasteiger partial charge in [-0.1, -0.05) is 37.5 Å². The van der Waals surface area contributed by atoms with Crippen LogP contribution >= 0.6 is 0 Å². The van der Waals surface area contributed by atoms with Crippen molar-refractivity contribution in [3.8, 4) is 0 Å². The maximum absolute atomic E-state index is 11.7. The fraction of sp³-hybridized carbons (Fsp3) is 0.526. The Morgan fingerprint density at radius 1 is 1.00 bits per heavy atom. The van der Waals surface area contributed by atoms with Gasteiger partial charge in [0, 0.05) is 11.6 Å². The number of unbranched alkanes of at least 4 members (excludes halogenated alkanes) is 4. The molecule has 0 amide bonds. The number of aromatic nitrogens is 1. The van der Waals surface area contributed by atoms with Crippen molar-refractivity contribution in [3.05, 3.63) is 42.1 Å². The van der Waals surface area contributed by atoms with Gasteiger partial charge in [0.1, 0.15) is 0 Å². The Balaban J connectivity index is 1.65. The van der Waals surface area contributed by atoms with Gasteiger partial charge in [0.2, 0.25) is 0 Å². The summed E-state index contributed by atoms with van der Waals surface area (Å²) in [7, 11) is -2.86. The topological polar surface area (TPSA) is 47.0 Å². The van der Waals surface area contributed by atoms with E-state index in [0.717, 1.165) is 44.0 Å². The first-order valence-corrected chi connectivity index (χ1v) is 10.3. The Morgan fingerprint density at radius 3 is 2.48 bits per heavy atom. The quantitative estimate of drug-likeness (QED) is 0.632. The zero-order valence-corrected chi connectivity index (χ0v) is 15.0. The number of pyridine rings is 1. The van der Waals surface area contributed by atoms with Crippen LogP contribution in [0.25, 0.3) is 10.9 Å². The Morgan fingerprint density at radius 2 is 1.70 bits per heavy atom. The minimum absolute atomic E-state index is 0.247. The van der Waals surface area contributed by atoms with E-state index >= 15 is 0 Å². The molecule has 2 aromatic rings. The van der Waals surface area contributed by atoms with Gasteiger partial charge in [-0.3, -0.25) is 4.98 Å². The normalized spacial score (nSPS) is 12.1. The van der Waals surface area contributed by atoms with E-state index in [2.05, 4.69) is 17.1 Å². The Bertz CT molecular complexity index is 723. The van der Waals surface area contributed by atoms with Crippen LogP contribution in [0.2, 0.25) is 0 Å². The third kappa shape index (κ3) is 5.61. The molecule has 2 rings (SSSR count). The fourth-order valence-electron chi connectivity index (χ4n) is 2.65. The van der Waals surface area contributed by atoms with Gasteiger partial charge in [0.25, 0.3) is 0 Å². The monoisotopic (exact) mass is 333 g/mol. The van der Waals surface area contributed by atoms with Crippen LogP contribution in [0.3, 0.4) is 0 Å². The number of nitrogens with zero attached hydrogens (tertiary/aromatic N) is 1. The third-order valence-electron chi connectivity index (χ3n) is 4.26. The molecule has 0 atom stereocenters. The first kappa shape index (κ1) is 17.9. The van der Waals surface area contributed by atoms with Crippen LogP contribution in [0.5, 0.6) is 0 Å². The predicted octanol–water partition coefficient (Wildman–Crippen LogP) is 4.55. The molecule has 0 fully saturated rings. The Labute approximate surface area is 140 Å². The van der Waals surface area contributed by atoms with Crippen molar-refractivity contribution in [3.63, 3.8) is 0 Å². The highest BCUT2D eigenvalue weighted by Gasteiger charge is 2.14. The van der Waals surface area contributed by atoms with Gasteiger partial charge in [0.05, 0.1) is 16.5 Å². The van der Waals surface area contributed by atoms with Crippen molar-refractivity contribution in [2.75, 3.05) is 5.75 Å². The summed E-state index contributed by atoms with van der Waals surface area (Å²) in [5.41, 5.74) is 2.33. The molecule has 1 aromatic carbocycles. The zero-order valence-electron chi connectivity index (χ0n) is 14.2. The number of fused-ring (bicyclic) bond motifs is 1. The highest BCUT2D eigenvalue weighted by molar-refractivity contribution is 7.91. The summed E-state index contributed by atoms with van der Waals surface area (Å²) in [5.74, 6) is 0.333. The van der Waals surface area contributed by atoms with E-state index in [0.29, 0.717) is 5.75 Å². The molecule has 0 saturated carbocycles. The second-order valence-electron chi connectivity index (χ2n) is 6.47. The maximum Gasteiger partial charge on any atom is 0.152 e. The van der Waals surface area contributed by atoms with Gasteiger partial charge in [0.15, 0.2) is 9.84 Å². The van der Waals surface area contributed by atoms with Crippen LogP contribution in [0, 0.1) is 0 Å². The standard InChI is InChI=1S/C19H27NO2S/c1-16(2)23(21,22)13-9-5-3-4-6-10-17-14-18-11-7-8-12-19(18)20-15-17/h7-8,11-12,14-16H,3-6,9-10,13H2,1-2H3. The van der Waals surface area contributed by atoms with Gasteiger partial charge < -0.3 is 0 Å². The molecule has 3 nitrogen and oxygen atoms in total. The Kier molecular flexibility index (Phi) is 6.58. The molecule has 1 heterocycles. The van der Waals surface area contributed by atoms with Crippen LogP contribution in [-0.4, -0.2) is 24.4 Å². The number of aryl methyl sites for hydroxylation is 1. The summed E-state index contributed by atoms with van der Waals surface area (Å²) in [6.45, 7) is 3.51. The van der Waals surface area contributed by atoms with Crippen LogP contribution in [0.1, 0.15) is 51.5 Å². The first-order chi connectivity index (χ1) is 11.0. The lowest BCUT2D eigenvalue weighted by molar-refractivity contribution is 0.577.